The molecular weight excluding hydrogens is 286 g/mol. The van der Waals surface area contributed by atoms with Crippen molar-refractivity contribution in [3.8, 4) is 0 Å². The zero-order chi connectivity index (χ0) is 15.9. The van der Waals surface area contributed by atoms with Gasteiger partial charge in [-0.2, -0.15) is 0 Å². The van der Waals surface area contributed by atoms with Gasteiger partial charge in [0.15, 0.2) is 0 Å². The lowest BCUT2D eigenvalue weighted by Crippen LogP contribution is -2.21. The summed E-state index contributed by atoms with van der Waals surface area (Å²) < 4.78 is 0. The molecule has 2 rings (SSSR count). The summed E-state index contributed by atoms with van der Waals surface area (Å²) >= 11 is 0. The molecule has 0 aliphatic rings. The number of hydrogen-bond donors (Lipinski definition) is 2. The quantitative estimate of drug-likeness (QED) is 0.631. The van der Waals surface area contributed by atoms with Crippen LogP contribution in [0.5, 0.6) is 0 Å². The summed E-state index contributed by atoms with van der Waals surface area (Å²) in [5.74, 6) is -0.541. The molecule has 0 bridgehead atoms. The summed E-state index contributed by atoms with van der Waals surface area (Å²) in [6.07, 6.45) is 0. The van der Waals surface area contributed by atoms with E-state index in [1.807, 2.05) is 30.3 Å². The van der Waals surface area contributed by atoms with E-state index in [1.54, 1.807) is 0 Å². The summed E-state index contributed by atoms with van der Waals surface area (Å²) in [4.78, 5) is 26.8. The van der Waals surface area contributed by atoms with Crippen molar-refractivity contribution < 1.29 is 14.6 Å². The molecule has 0 saturated carbocycles. The van der Waals surface area contributed by atoms with E-state index in [9.17, 15) is 14.9 Å². The second kappa shape index (κ2) is 7.19. The fraction of sp³-hybridized carbons (Fsp3) is 0.133. The van der Waals surface area contributed by atoms with E-state index in [2.05, 4.69) is 15.6 Å². The number of benzene rings is 2. The molecule has 114 valence electrons. The fourth-order valence-electron chi connectivity index (χ4n) is 1.92. The van der Waals surface area contributed by atoms with E-state index < -0.39 is 10.8 Å². The van der Waals surface area contributed by atoms with Gasteiger partial charge in [-0.3, -0.25) is 19.7 Å². The van der Waals surface area contributed by atoms with Crippen LogP contribution in [0.3, 0.4) is 0 Å². The van der Waals surface area contributed by atoms with Gasteiger partial charge in [-0.05, 0) is 17.7 Å². The lowest BCUT2D eigenvalue weighted by Gasteiger charge is -2.09. The minimum Gasteiger partial charge on any atom is -0.375 e. The van der Waals surface area contributed by atoms with Crippen molar-refractivity contribution >= 4 is 17.3 Å². The van der Waals surface area contributed by atoms with Crippen LogP contribution in [0.15, 0.2) is 48.5 Å². The van der Waals surface area contributed by atoms with E-state index in [0.717, 1.165) is 5.56 Å². The number of hydrogen-bond acceptors (Lipinski definition) is 5. The van der Waals surface area contributed by atoms with E-state index in [4.69, 9.17) is 0 Å². The Balaban J connectivity index is 2.20. The first-order chi connectivity index (χ1) is 10.6. The van der Waals surface area contributed by atoms with Crippen molar-refractivity contribution in [3.63, 3.8) is 0 Å². The van der Waals surface area contributed by atoms with Crippen molar-refractivity contribution in [1.29, 1.82) is 0 Å². The highest BCUT2D eigenvalue weighted by molar-refractivity contribution is 5.95. The zero-order valence-corrected chi connectivity index (χ0v) is 11.9. The summed E-state index contributed by atoms with van der Waals surface area (Å²) in [5, 5.41) is 14.2. The van der Waals surface area contributed by atoms with Gasteiger partial charge in [-0.25, -0.2) is 5.48 Å². The molecule has 0 unspecified atom stereocenters. The smallest absolute Gasteiger partial charge is 0.293 e. The second-order valence-corrected chi connectivity index (χ2v) is 4.46. The molecule has 0 aliphatic heterocycles. The van der Waals surface area contributed by atoms with Gasteiger partial charge in [0, 0.05) is 18.2 Å². The molecule has 0 aromatic heterocycles. The lowest BCUT2D eigenvalue weighted by molar-refractivity contribution is -0.384. The molecule has 0 fully saturated rings. The third kappa shape index (κ3) is 3.80. The van der Waals surface area contributed by atoms with Gasteiger partial charge in [-0.1, -0.05) is 30.3 Å². The van der Waals surface area contributed by atoms with Gasteiger partial charge in [0.2, 0.25) is 0 Å². The van der Waals surface area contributed by atoms with Gasteiger partial charge in [0.1, 0.15) is 5.69 Å². The number of hydroxylamine groups is 1. The van der Waals surface area contributed by atoms with Crippen LogP contribution in [0.4, 0.5) is 11.4 Å². The molecule has 2 aromatic rings. The maximum atomic E-state index is 11.6. The average molecular weight is 301 g/mol. The van der Waals surface area contributed by atoms with Crippen LogP contribution in [-0.2, 0) is 11.4 Å². The molecule has 7 heteroatoms. The molecule has 1 amide bonds. The Morgan fingerprint density at radius 3 is 2.59 bits per heavy atom. The highest BCUT2D eigenvalue weighted by Gasteiger charge is 2.17. The molecule has 0 spiro atoms. The Hall–Kier alpha value is -2.93. The number of nitrogens with zero attached hydrogens (tertiary/aromatic N) is 1. The predicted octanol–water partition coefficient (Wildman–Crippen LogP) is 2.50. The number of amides is 1. The second-order valence-electron chi connectivity index (χ2n) is 4.46. The maximum Gasteiger partial charge on any atom is 0.293 e. The molecular formula is C15H15N3O4. The Morgan fingerprint density at radius 2 is 1.95 bits per heavy atom. The van der Waals surface area contributed by atoms with Crippen LogP contribution >= 0.6 is 0 Å². The van der Waals surface area contributed by atoms with Crippen LogP contribution in [0.25, 0.3) is 0 Å². The Morgan fingerprint density at radius 1 is 1.23 bits per heavy atom. The standard InChI is InChI=1S/C15H15N3O4/c1-22-17-15(19)12-7-8-13(14(9-12)18(20)21)16-10-11-5-3-2-4-6-11/h2-9,16H,10H2,1H3,(H,17,19). The Kier molecular flexibility index (Phi) is 5.05. The van der Waals surface area contributed by atoms with Crippen molar-refractivity contribution in [3.05, 3.63) is 69.8 Å². The summed E-state index contributed by atoms with van der Waals surface area (Å²) in [6.45, 7) is 0.450. The van der Waals surface area contributed by atoms with Crippen molar-refractivity contribution in [2.75, 3.05) is 12.4 Å². The monoisotopic (exact) mass is 301 g/mol. The molecule has 22 heavy (non-hydrogen) atoms. The highest BCUT2D eigenvalue weighted by Crippen LogP contribution is 2.26. The molecule has 0 aliphatic carbocycles. The summed E-state index contributed by atoms with van der Waals surface area (Å²) in [7, 11) is 1.29. The number of rotatable bonds is 6. The zero-order valence-electron chi connectivity index (χ0n) is 11.9. The topological polar surface area (TPSA) is 93.5 Å². The van der Waals surface area contributed by atoms with Crippen LogP contribution in [0.2, 0.25) is 0 Å². The van der Waals surface area contributed by atoms with E-state index >= 15 is 0 Å². The van der Waals surface area contributed by atoms with Crippen molar-refractivity contribution in [1.82, 2.24) is 5.48 Å². The summed E-state index contributed by atoms with van der Waals surface area (Å²) in [6, 6.07) is 13.7. The molecule has 0 radical (unpaired) electrons. The number of nitro groups is 1. The number of carbonyl (C=O) groups excluding carboxylic acids is 1. The van der Waals surface area contributed by atoms with Gasteiger partial charge in [0.05, 0.1) is 12.0 Å². The number of nitro benzene ring substituents is 1. The molecule has 7 nitrogen and oxygen atoms in total. The molecule has 2 N–H and O–H groups in total. The lowest BCUT2D eigenvalue weighted by atomic mass is 10.1. The summed E-state index contributed by atoms with van der Waals surface area (Å²) in [5.41, 5.74) is 3.46. The third-order valence-corrected chi connectivity index (χ3v) is 2.98. The van der Waals surface area contributed by atoms with Crippen LogP contribution < -0.4 is 10.8 Å². The third-order valence-electron chi connectivity index (χ3n) is 2.98. The predicted molar refractivity (Wildman–Crippen MR) is 81.3 cm³/mol. The van der Waals surface area contributed by atoms with Gasteiger partial charge < -0.3 is 5.32 Å². The minimum absolute atomic E-state index is 0.152. The van der Waals surface area contributed by atoms with E-state index in [-0.39, 0.29) is 11.3 Å². The molecule has 0 heterocycles. The van der Waals surface area contributed by atoms with E-state index in [0.29, 0.717) is 12.2 Å². The van der Waals surface area contributed by atoms with Gasteiger partial charge in [0.25, 0.3) is 11.6 Å². The number of anilines is 1. The first-order valence-electron chi connectivity index (χ1n) is 6.51. The average Bonchev–Trinajstić information content (AvgIpc) is 2.54. The van der Waals surface area contributed by atoms with E-state index in [1.165, 1.54) is 25.3 Å². The van der Waals surface area contributed by atoms with Crippen LogP contribution in [0.1, 0.15) is 15.9 Å². The Labute approximate surface area is 127 Å². The first-order valence-corrected chi connectivity index (χ1v) is 6.51. The van der Waals surface area contributed by atoms with Gasteiger partial charge >= 0.3 is 0 Å². The fourth-order valence-corrected chi connectivity index (χ4v) is 1.92. The minimum atomic E-state index is -0.541. The largest absolute Gasteiger partial charge is 0.375 e. The van der Waals surface area contributed by atoms with Gasteiger partial charge in [-0.15, -0.1) is 0 Å². The highest BCUT2D eigenvalue weighted by atomic mass is 16.6. The molecule has 2 aromatic carbocycles. The number of nitrogens with one attached hydrogen (secondary N) is 2. The van der Waals surface area contributed by atoms with Crippen LogP contribution in [0, 0.1) is 10.1 Å². The molecule has 0 saturated heterocycles. The van der Waals surface area contributed by atoms with Crippen molar-refractivity contribution in [2.24, 2.45) is 0 Å². The maximum absolute atomic E-state index is 11.6. The van der Waals surface area contributed by atoms with Crippen LogP contribution in [-0.4, -0.2) is 17.9 Å². The number of carbonyl (C=O) groups is 1. The first kappa shape index (κ1) is 15.5. The SMILES string of the molecule is CONC(=O)c1ccc(NCc2ccccc2)c([N+](=O)[O-])c1. The van der Waals surface area contributed by atoms with Crippen molar-refractivity contribution in [2.45, 2.75) is 6.54 Å². The Bertz CT molecular complexity index is 674. The normalized spacial score (nSPS) is 10.0. The molecule has 0 atom stereocenters.